The van der Waals surface area contributed by atoms with Crippen molar-refractivity contribution in [2.45, 2.75) is 44.9 Å². The predicted molar refractivity (Wildman–Crippen MR) is 94.3 cm³/mol. The molecule has 0 unspecified atom stereocenters. The first-order valence-corrected chi connectivity index (χ1v) is 8.57. The lowest BCUT2D eigenvalue weighted by Crippen LogP contribution is -2.41. The molecule has 1 aliphatic rings. The molecule has 0 atom stereocenters. The average Bonchev–Trinajstić information content (AvgIpc) is 3.01. The molecule has 0 saturated carbocycles. The minimum absolute atomic E-state index is 0.107. The van der Waals surface area contributed by atoms with E-state index in [1.807, 2.05) is 16.5 Å². The van der Waals surface area contributed by atoms with Gasteiger partial charge in [0, 0.05) is 31.5 Å². The van der Waals surface area contributed by atoms with Gasteiger partial charge in [-0.2, -0.15) is 0 Å². The largest absolute Gasteiger partial charge is 0.324 e. The fourth-order valence-corrected chi connectivity index (χ4v) is 2.98. The number of carbonyl (C=O) groups excluding carboxylic acids is 1. The van der Waals surface area contributed by atoms with Gasteiger partial charge in [0.2, 0.25) is 0 Å². The molecular formula is C17H25N7O. The molecule has 2 amide bonds. The normalized spacial score (nSPS) is 16.1. The second kappa shape index (κ2) is 6.78. The van der Waals surface area contributed by atoms with Crippen LogP contribution in [0.3, 0.4) is 0 Å². The molecule has 0 spiro atoms. The lowest BCUT2D eigenvalue weighted by atomic mass is 9.96. The molecule has 25 heavy (non-hydrogen) atoms. The van der Waals surface area contributed by atoms with Crippen LogP contribution in [0.5, 0.6) is 0 Å². The standard InChI is InChI=1S/C17H25N7O/c1-17(2,3)15-18-9-13(10-19-15)21-16(25)24-7-5-12(6-8-24)14-22-20-11-23(14)4/h9-12H,5-8H2,1-4H3,(H,21,25). The summed E-state index contributed by atoms with van der Waals surface area (Å²) in [5, 5.41) is 11.0. The smallest absolute Gasteiger partial charge is 0.321 e. The van der Waals surface area contributed by atoms with Gasteiger partial charge in [-0.05, 0) is 12.8 Å². The van der Waals surface area contributed by atoms with Crippen molar-refractivity contribution in [3.05, 3.63) is 30.4 Å². The highest BCUT2D eigenvalue weighted by atomic mass is 16.2. The highest BCUT2D eigenvalue weighted by molar-refractivity contribution is 5.89. The third-order valence-electron chi connectivity index (χ3n) is 4.47. The van der Waals surface area contributed by atoms with Crippen molar-refractivity contribution in [1.82, 2.24) is 29.6 Å². The first-order chi connectivity index (χ1) is 11.8. The van der Waals surface area contributed by atoms with Crippen LogP contribution < -0.4 is 5.32 Å². The molecule has 8 heteroatoms. The number of piperidine rings is 1. The van der Waals surface area contributed by atoms with E-state index in [4.69, 9.17) is 0 Å². The number of aryl methyl sites for hydroxylation is 1. The van der Waals surface area contributed by atoms with E-state index in [-0.39, 0.29) is 11.4 Å². The number of urea groups is 1. The summed E-state index contributed by atoms with van der Waals surface area (Å²) in [6.45, 7) is 7.57. The number of likely N-dealkylation sites (tertiary alicyclic amines) is 1. The summed E-state index contributed by atoms with van der Waals surface area (Å²) in [4.78, 5) is 22.9. The number of hydrogen-bond acceptors (Lipinski definition) is 5. The van der Waals surface area contributed by atoms with Gasteiger partial charge in [0.05, 0.1) is 18.1 Å². The Bertz CT molecular complexity index is 724. The zero-order valence-electron chi connectivity index (χ0n) is 15.2. The van der Waals surface area contributed by atoms with E-state index < -0.39 is 0 Å². The molecule has 1 aliphatic heterocycles. The Hall–Kier alpha value is -2.51. The molecule has 2 aromatic rings. The van der Waals surface area contributed by atoms with Gasteiger partial charge in [0.15, 0.2) is 0 Å². The molecule has 2 aromatic heterocycles. The Balaban J connectivity index is 1.55. The summed E-state index contributed by atoms with van der Waals surface area (Å²) in [6.07, 6.45) is 6.82. The molecular weight excluding hydrogens is 318 g/mol. The van der Waals surface area contributed by atoms with Crippen molar-refractivity contribution in [2.24, 2.45) is 7.05 Å². The SMILES string of the molecule is Cn1cnnc1C1CCN(C(=O)Nc2cnc(C(C)(C)C)nc2)CC1. The van der Waals surface area contributed by atoms with Gasteiger partial charge in [-0.15, -0.1) is 10.2 Å². The lowest BCUT2D eigenvalue weighted by molar-refractivity contribution is 0.193. The Kier molecular flexibility index (Phi) is 4.69. The first kappa shape index (κ1) is 17.3. The molecule has 1 saturated heterocycles. The maximum absolute atomic E-state index is 12.4. The average molecular weight is 343 g/mol. The quantitative estimate of drug-likeness (QED) is 0.904. The molecule has 0 bridgehead atoms. The third kappa shape index (κ3) is 3.94. The molecule has 0 aromatic carbocycles. The second-order valence-corrected chi connectivity index (χ2v) is 7.54. The van der Waals surface area contributed by atoms with Gasteiger partial charge in [-0.25, -0.2) is 14.8 Å². The van der Waals surface area contributed by atoms with E-state index in [2.05, 4.69) is 46.3 Å². The maximum Gasteiger partial charge on any atom is 0.321 e. The van der Waals surface area contributed by atoms with E-state index in [0.29, 0.717) is 24.7 Å². The summed E-state index contributed by atoms with van der Waals surface area (Å²) in [6, 6.07) is -0.108. The van der Waals surface area contributed by atoms with Crippen molar-refractivity contribution in [3.63, 3.8) is 0 Å². The van der Waals surface area contributed by atoms with Gasteiger partial charge < -0.3 is 14.8 Å². The molecule has 0 radical (unpaired) electrons. The van der Waals surface area contributed by atoms with Gasteiger partial charge in [0.25, 0.3) is 0 Å². The Morgan fingerprint density at radius 1 is 1.20 bits per heavy atom. The summed E-state index contributed by atoms with van der Waals surface area (Å²) in [5.41, 5.74) is 0.512. The van der Waals surface area contributed by atoms with Crippen LogP contribution in [-0.4, -0.2) is 48.8 Å². The summed E-state index contributed by atoms with van der Waals surface area (Å²) in [7, 11) is 1.95. The van der Waals surface area contributed by atoms with Crippen molar-refractivity contribution >= 4 is 11.7 Å². The number of hydrogen-bond donors (Lipinski definition) is 1. The fraction of sp³-hybridized carbons (Fsp3) is 0.588. The maximum atomic E-state index is 12.4. The van der Waals surface area contributed by atoms with Gasteiger partial charge in [0.1, 0.15) is 18.0 Å². The van der Waals surface area contributed by atoms with Gasteiger partial charge >= 0.3 is 6.03 Å². The van der Waals surface area contributed by atoms with Crippen LogP contribution in [0.4, 0.5) is 10.5 Å². The molecule has 8 nitrogen and oxygen atoms in total. The predicted octanol–water partition coefficient (Wildman–Crippen LogP) is 2.31. The number of nitrogens with one attached hydrogen (secondary N) is 1. The van der Waals surface area contributed by atoms with Crippen molar-refractivity contribution < 1.29 is 4.79 Å². The molecule has 3 rings (SSSR count). The van der Waals surface area contributed by atoms with E-state index in [1.165, 1.54) is 0 Å². The van der Waals surface area contributed by atoms with Crippen LogP contribution in [-0.2, 0) is 12.5 Å². The number of amides is 2. The molecule has 1 N–H and O–H groups in total. The van der Waals surface area contributed by atoms with Gasteiger partial charge in [-0.3, -0.25) is 0 Å². The Labute approximate surface area is 147 Å². The zero-order valence-corrected chi connectivity index (χ0v) is 15.2. The topological polar surface area (TPSA) is 88.8 Å². The van der Waals surface area contributed by atoms with Crippen molar-refractivity contribution in [2.75, 3.05) is 18.4 Å². The first-order valence-electron chi connectivity index (χ1n) is 8.57. The monoisotopic (exact) mass is 343 g/mol. The lowest BCUT2D eigenvalue weighted by Gasteiger charge is -2.31. The molecule has 0 aliphatic carbocycles. The zero-order chi connectivity index (χ0) is 18.0. The van der Waals surface area contributed by atoms with Crippen LogP contribution in [0.2, 0.25) is 0 Å². The van der Waals surface area contributed by atoms with Crippen LogP contribution >= 0.6 is 0 Å². The van der Waals surface area contributed by atoms with Crippen LogP contribution in [0, 0.1) is 0 Å². The minimum Gasteiger partial charge on any atom is -0.324 e. The number of anilines is 1. The highest BCUT2D eigenvalue weighted by Gasteiger charge is 2.26. The van der Waals surface area contributed by atoms with Crippen molar-refractivity contribution in [3.8, 4) is 0 Å². The minimum atomic E-state index is -0.108. The molecule has 1 fully saturated rings. The Morgan fingerprint density at radius 3 is 2.36 bits per heavy atom. The molecule has 134 valence electrons. The van der Waals surface area contributed by atoms with Crippen LogP contribution in [0.1, 0.15) is 51.2 Å². The number of nitrogens with zero attached hydrogens (tertiary/aromatic N) is 6. The number of carbonyl (C=O) groups is 1. The van der Waals surface area contributed by atoms with E-state index in [1.54, 1.807) is 18.7 Å². The molecule has 3 heterocycles. The Morgan fingerprint density at radius 2 is 1.84 bits per heavy atom. The summed E-state index contributed by atoms with van der Waals surface area (Å²) >= 11 is 0. The van der Waals surface area contributed by atoms with E-state index >= 15 is 0 Å². The fourth-order valence-electron chi connectivity index (χ4n) is 2.98. The summed E-state index contributed by atoms with van der Waals surface area (Å²) in [5.74, 6) is 2.10. The van der Waals surface area contributed by atoms with E-state index in [9.17, 15) is 4.79 Å². The van der Waals surface area contributed by atoms with Crippen molar-refractivity contribution in [1.29, 1.82) is 0 Å². The third-order valence-corrected chi connectivity index (χ3v) is 4.47. The van der Waals surface area contributed by atoms with Crippen LogP contribution in [0.15, 0.2) is 18.7 Å². The second-order valence-electron chi connectivity index (χ2n) is 7.54. The van der Waals surface area contributed by atoms with Crippen LogP contribution in [0.25, 0.3) is 0 Å². The highest BCUT2D eigenvalue weighted by Crippen LogP contribution is 2.26. The summed E-state index contributed by atoms with van der Waals surface area (Å²) < 4.78 is 1.95. The van der Waals surface area contributed by atoms with E-state index in [0.717, 1.165) is 24.5 Å². The number of rotatable bonds is 2. The number of aromatic nitrogens is 5. The van der Waals surface area contributed by atoms with Gasteiger partial charge in [-0.1, -0.05) is 20.8 Å².